The third-order valence-electron chi connectivity index (χ3n) is 4.62. The third kappa shape index (κ3) is 2.82. The zero-order valence-electron chi connectivity index (χ0n) is 12.2. The van der Waals surface area contributed by atoms with E-state index in [2.05, 4.69) is 23.6 Å². The van der Waals surface area contributed by atoms with Crippen LogP contribution >= 0.6 is 0 Å². The Morgan fingerprint density at radius 3 is 2.80 bits per heavy atom. The van der Waals surface area contributed by atoms with Gasteiger partial charge in [0.1, 0.15) is 0 Å². The molecule has 1 aromatic carbocycles. The highest BCUT2D eigenvalue weighted by molar-refractivity contribution is 5.96. The number of carbonyl (C=O) groups excluding carboxylic acids is 1. The number of rotatable bonds is 2. The second kappa shape index (κ2) is 5.86. The summed E-state index contributed by atoms with van der Waals surface area (Å²) < 4.78 is 0. The fraction of sp³-hybridized carbons (Fsp3) is 0.588. The van der Waals surface area contributed by atoms with Gasteiger partial charge < -0.3 is 10.6 Å². The summed E-state index contributed by atoms with van der Waals surface area (Å²) in [6, 6.07) is 6.71. The molecule has 1 aromatic rings. The van der Waals surface area contributed by atoms with Crippen molar-refractivity contribution >= 4 is 17.3 Å². The fourth-order valence-electron chi connectivity index (χ4n) is 3.37. The molecule has 1 heterocycles. The molecule has 1 aliphatic carbocycles. The molecule has 2 N–H and O–H groups in total. The number of amides is 1. The normalized spacial score (nSPS) is 22.8. The summed E-state index contributed by atoms with van der Waals surface area (Å²) in [5, 5.41) is 6.68. The van der Waals surface area contributed by atoms with E-state index in [0.717, 1.165) is 37.1 Å². The Kier molecular flexibility index (Phi) is 3.95. The third-order valence-corrected chi connectivity index (χ3v) is 4.62. The van der Waals surface area contributed by atoms with E-state index in [4.69, 9.17) is 0 Å². The van der Waals surface area contributed by atoms with Crippen LogP contribution in [0.25, 0.3) is 0 Å². The molecule has 3 heteroatoms. The number of aryl methyl sites for hydroxylation is 1. The topological polar surface area (TPSA) is 41.1 Å². The maximum absolute atomic E-state index is 12.4. The average Bonchev–Trinajstić information content (AvgIpc) is 2.49. The SMILES string of the molecule is CC1CCc2cccc(NC(=O)C3CCCCC3)c2N1. The molecule has 1 saturated carbocycles. The predicted octanol–water partition coefficient (Wildman–Crippen LogP) is 3.95. The van der Waals surface area contributed by atoms with E-state index in [-0.39, 0.29) is 11.8 Å². The van der Waals surface area contributed by atoms with Crippen LogP contribution in [0.1, 0.15) is 51.0 Å². The van der Waals surface area contributed by atoms with Crippen LogP contribution in [0.2, 0.25) is 0 Å². The minimum absolute atomic E-state index is 0.207. The van der Waals surface area contributed by atoms with Crippen LogP contribution in [0.15, 0.2) is 18.2 Å². The first-order valence-electron chi connectivity index (χ1n) is 7.93. The van der Waals surface area contributed by atoms with E-state index in [1.54, 1.807) is 0 Å². The molecule has 1 aliphatic heterocycles. The van der Waals surface area contributed by atoms with Crippen molar-refractivity contribution in [2.45, 2.75) is 57.9 Å². The highest BCUT2D eigenvalue weighted by Gasteiger charge is 2.23. The number of nitrogens with one attached hydrogen (secondary N) is 2. The first-order chi connectivity index (χ1) is 9.74. The molecule has 3 rings (SSSR count). The summed E-state index contributed by atoms with van der Waals surface area (Å²) in [6.07, 6.45) is 8.02. The van der Waals surface area contributed by atoms with Gasteiger partial charge >= 0.3 is 0 Å². The Hall–Kier alpha value is -1.51. The van der Waals surface area contributed by atoms with E-state index in [1.165, 1.54) is 24.8 Å². The number of anilines is 2. The number of benzene rings is 1. The van der Waals surface area contributed by atoms with Crippen LogP contribution < -0.4 is 10.6 Å². The average molecular weight is 272 g/mol. The van der Waals surface area contributed by atoms with Crippen molar-refractivity contribution < 1.29 is 4.79 Å². The van der Waals surface area contributed by atoms with Crippen LogP contribution in [0.4, 0.5) is 11.4 Å². The zero-order valence-corrected chi connectivity index (χ0v) is 12.2. The standard InChI is InChI=1S/C17H24N2O/c1-12-10-11-13-8-5-9-15(16(13)18-12)19-17(20)14-6-3-2-4-7-14/h5,8-9,12,14,18H,2-4,6-7,10-11H2,1H3,(H,19,20). The highest BCUT2D eigenvalue weighted by Crippen LogP contribution is 2.33. The van der Waals surface area contributed by atoms with Gasteiger partial charge in [0.25, 0.3) is 0 Å². The zero-order chi connectivity index (χ0) is 13.9. The predicted molar refractivity (Wildman–Crippen MR) is 83.1 cm³/mol. The van der Waals surface area contributed by atoms with Crippen LogP contribution in [-0.2, 0) is 11.2 Å². The second-order valence-corrected chi connectivity index (χ2v) is 6.25. The Morgan fingerprint density at radius 1 is 1.20 bits per heavy atom. The van der Waals surface area contributed by atoms with Gasteiger partial charge in [0.05, 0.1) is 11.4 Å². The van der Waals surface area contributed by atoms with Crippen molar-refractivity contribution in [3.05, 3.63) is 23.8 Å². The lowest BCUT2D eigenvalue weighted by molar-refractivity contribution is -0.120. The number of para-hydroxylation sites is 1. The number of hydrogen-bond acceptors (Lipinski definition) is 2. The Balaban J connectivity index is 1.75. The molecule has 3 nitrogen and oxygen atoms in total. The molecule has 1 fully saturated rings. The first kappa shape index (κ1) is 13.5. The minimum atomic E-state index is 0.207. The molecule has 1 amide bonds. The van der Waals surface area contributed by atoms with Crippen molar-refractivity contribution in [3.63, 3.8) is 0 Å². The number of fused-ring (bicyclic) bond motifs is 1. The van der Waals surface area contributed by atoms with E-state index < -0.39 is 0 Å². The molecule has 1 unspecified atom stereocenters. The maximum Gasteiger partial charge on any atom is 0.227 e. The summed E-state index contributed by atoms with van der Waals surface area (Å²) in [5.41, 5.74) is 3.42. The van der Waals surface area contributed by atoms with Crippen molar-refractivity contribution in [2.75, 3.05) is 10.6 Å². The molecular weight excluding hydrogens is 248 g/mol. The molecule has 0 saturated heterocycles. The maximum atomic E-state index is 12.4. The Morgan fingerprint density at radius 2 is 2.00 bits per heavy atom. The molecule has 0 aromatic heterocycles. The molecule has 1 atom stereocenters. The van der Waals surface area contributed by atoms with Gasteiger partial charge in [0.2, 0.25) is 5.91 Å². The first-order valence-corrected chi connectivity index (χ1v) is 7.93. The van der Waals surface area contributed by atoms with Crippen LogP contribution in [-0.4, -0.2) is 11.9 Å². The van der Waals surface area contributed by atoms with Gasteiger partial charge in [-0.25, -0.2) is 0 Å². The van der Waals surface area contributed by atoms with Gasteiger partial charge in [-0.1, -0.05) is 31.4 Å². The van der Waals surface area contributed by atoms with Gasteiger partial charge in [-0.15, -0.1) is 0 Å². The van der Waals surface area contributed by atoms with Gasteiger partial charge in [-0.2, -0.15) is 0 Å². The summed E-state index contributed by atoms with van der Waals surface area (Å²) >= 11 is 0. The Labute approximate surface area is 121 Å². The van der Waals surface area contributed by atoms with Gasteiger partial charge in [-0.05, 0) is 44.2 Å². The molecule has 20 heavy (non-hydrogen) atoms. The highest BCUT2D eigenvalue weighted by atomic mass is 16.1. The van der Waals surface area contributed by atoms with Crippen LogP contribution in [0.3, 0.4) is 0 Å². The summed E-state index contributed by atoms with van der Waals surface area (Å²) in [5.74, 6) is 0.416. The molecule has 0 radical (unpaired) electrons. The number of hydrogen-bond donors (Lipinski definition) is 2. The smallest absolute Gasteiger partial charge is 0.227 e. The number of carbonyl (C=O) groups is 1. The molecule has 0 spiro atoms. The van der Waals surface area contributed by atoms with E-state index in [0.29, 0.717) is 6.04 Å². The van der Waals surface area contributed by atoms with Gasteiger partial charge in [0, 0.05) is 12.0 Å². The van der Waals surface area contributed by atoms with Crippen molar-refractivity contribution in [1.29, 1.82) is 0 Å². The van der Waals surface area contributed by atoms with Gasteiger partial charge in [0.15, 0.2) is 0 Å². The largest absolute Gasteiger partial charge is 0.381 e. The fourth-order valence-corrected chi connectivity index (χ4v) is 3.37. The summed E-state index contributed by atoms with van der Waals surface area (Å²) in [6.45, 7) is 2.20. The van der Waals surface area contributed by atoms with Gasteiger partial charge in [-0.3, -0.25) is 4.79 Å². The quantitative estimate of drug-likeness (QED) is 0.856. The van der Waals surface area contributed by atoms with E-state index >= 15 is 0 Å². The van der Waals surface area contributed by atoms with E-state index in [9.17, 15) is 4.79 Å². The van der Waals surface area contributed by atoms with Crippen molar-refractivity contribution in [3.8, 4) is 0 Å². The summed E-state index contributed by atoms with van der Waals surface area (Å²) in [4.78, 5) is 12.4. The van der Waals surface area contributed by atoms with Crippen LogP contribution in [0, 0.1) is 5.92 Å². The van der Waals surface area contributed by atoms with E-state index in [1.807, 2.05) is 12.1 Å². The van der Waals surface area contributed by atoms with Crippen molar-refractivity contribution in [2.24, 2.45) is 5.92 Å². The lowest BCUT2D eigenvalue weighted by Crippen LogP contribution is -2.27. The lowest BCUT2D eigenvalue weighted by atomic mass is 9.88. The molecule has 0 bridgehead atoms. The summed E-state index contributed by atoms with van der Waals surface area (Å²) in [7, 11) is 0. The van der Waals surface area contributed by atoms with Crippen LogP contribution in [0.5, 0.6) is 0 Å². The molecular formula is C17H24N2O. The molecule has 2 aliphatic rings. The Bertz CT molecular complexity index is 492. The van der Waals surface area contributed by atoms with Crippen molar-refractivity contribution in [1.82, 2.24) is 0 Å². The monoisotopic (exact) mass is 272 g/mol. The minimum Gasteiger partial charge on any atom is -0.381 e. The second-order valence-electron chi connectivity index (χ2n) is 6.25. The molecule has 108 valence electrons. The lowest BCUT2D eigenvalue weighted by Gasteiger charge is -2.27.